The Morgan fingerprint density at radius 1 is 1.40 bits per heavy atom. The average Bonchev–Trinajstić information content (AvgIpc) is 1.81. The van der Waals surface area contributed by atoms with Crippen LogP contribution in [0.25, 0.3) is 0 Å². The summed E-state index contributed by atoms with van der Waals surface area (Å²) < 4.78 is 0. The van der Waals surface area contributed by atoms with Crippen molar-refractivity contribution < 1.29 is 9.59 Å². The topological polar surface area (TPSA) is 86.2 Å². The van der Waals surface area contributed by atoms with E-state index in [9.17, 15) is 9.59 Å². The number of amides is 2. The Hall–Kier alpha value is -1.32. The van der Waals surface area contributed by atoms with Crippen LogP contribution in [0.2, 0.25) is 0 Å². The van der Waals surface area contributed by atoms with Gasteiger partial charge in [-0.1, -0.05) is 6.92 Å². The van der Waals surface area contributed by atoms with E-state index in [0.29, 0.717) is 6.42 Å². The molecule has 0 heterocycles. The Bertz CT molecular complexity index is 184. The molecule has 0 aliphatic rings. The first-order chi connectivity index (χ1) is 4.57. The number of hydrogen-bond donors (Lipinski definition) is 2. The molecule has 10 heavy (non-hydrogen) atoms. The Kier molecular flexibility index (Phi) is 3.17. The molecule has 0 aliphatic heterocycles. The fourth-order valence-electron chi connectivity index (χ4n) is 0.519. The van der Waals surface area contributed by atoms with Crippen LogP contribution in [0.5, 0.6) is 0 Å². The molecule has 56 valence electrons. The highest BCUT2D eigenvalue weighted by atomic mass is 16.1. The van der Waals surface area contributed by atoms with Crippen molar-refractivity contribution in [1.82, 2.24) is 0 Å². The summed E-state index contributed by atoms with van der Waals surface area (Å²) in [5, 5.41) is 0. The van der Waals surface area contributed by atoms with E-state index in [1.165, 1.54) is 0 Å². The zero-order chi connectivity index (χ0) is 8.15. The third-order valence-corrected chi connectivity index (χ3v) is 1.01. The molecule has 0 unspecified atom stereocenters. The monoisotopic (exact) mass is 142 g/mol. The summed E-state index contributed by atoms with van der Waals surface area (Å²) in [7, 11) is 0. The molecule has 0 saturated heterocycles. The Morgan fingerprint density at radius 3 is 2.00 bits per heavy atom. The van der Waals surface area contributed by atoms with Crippen molar-refractivity contribution >= 4 is 11.8 Å². The van der Waals surface area contributed by atoms with Gasteiger partial charge < -0.3 is 11.5 Å². The molecule has 0 aromatic rings. The first kappa shape index (κ1) is 8.68. The molecule has 0 saturated carbocycles. The van der Waals surface area contributed by atoms with E-state index in [2.05, 4.69) is 0 Å². The quantitative estimate of drug-likeness (QED) is 0.510. The van der Waals surface area contributed by atoms with Gasteiger partial charge in [-0.25, -0.2) is 0 Å². The smallest absolute Gasteiger partial charge is 0.244 e. The van der Waals surface area contributed by atoms with Crippen LogP contribution in [0.4, 0.5) is 0 Å². The maximum atomic E-state index is 10.4. The van der Waals surface area contributed by atoms with Crippen LogP contribution < -0.4 is 11.5 Å². The first-order valence-corrected chi connectivity index (χ1v) is 2.87. The first-order valence-electron chi connectivity index (χ1n) is 2.87. The zero-order valence-electron chi connectivity index (χ0n) is 5.76. The summed E-state index contributed by atoms with van der Waals surface area (Å²) in [6, 6.07) is 0. The molecular formula is C6H10N2O2. The van der Waals surface area contributed by atoms with Crippen LogP contribution in [-0.4, -0.2) is 11.8 Å². The van der Waals surface area contributed by atoms with Crippen LogP contribution in [0.3, 0.4) is 0 Å². The SMILES string of the molecule is CC/C(=C\C(N)=O)C(N)=O. The van der Waals surface area contributed by atoms with Crippen molar-refractivity contribution in [2.45, 2.75) is 13.3 Å². The number of hydrogen-bond acceptors (Lipinski definition) is 2. The van der Waals surface area contributed by atoms with Crippen LogP contribution in [0.15, 0.2) is 11.6 Å². The van der Waals surface area contributed by atoms with Crippen LogP contribution >= 0.6 is 0 Å². The summed E-state index contributed by atoms with van der Waals surface area (Å²) in [5.41, 5.74) is 9.92. The summed E-state index contributed by atoms with van der Waals surface area (Å²) in [4.78, 5) is 20.6. The number of primary amides is 2. The van der Waals surface area contributed by atoms with E-state index in [1.54, 1.807) is 6.92 Å². The number of rotatable bonds is 3. The molecule has 4 nitrogen and oxygen atoms in total. The average molecular weight is 142 g/mol. The molecule has 2 amide bonds. The minimum atomic E-state index is -0.643. The summed E-state index contributed by atoms with van der Waals surface area (Å²) in [5.74, 6) is -1.24. The molecule has 0 spiro atoms. The molecule has 0 bridgehead atoms. The van der Waals surface area contributed by atoms with Gasteiger partial charge in [-0.15, -0.1) is 0 Å². The van der Waals surface area contributed by atoms with Gasteiger partial charge in [0.05, 0.1) is 0 Å². The lowest BCUT2D eigenvalue weighted by Gasteiger charge is -1.94. The maximum absolute atomic E-state index is 10.4. The molecule has 0 aliphatic carbocycles. The van der Waals surface area contributed by atoms with Gasteiger partial charge in [0.25, 0.3) is 0 Å². The van der Waals surface area contributed by atoms with Crippen molar-refractivity contribution in [3.05, 3.63) is 11.6 Å². The van der Waals surface area contributed by atoms with Gasteiger partial charge in [0.2, 0.25) is 11.8 Å². The van der Waals surface area contributed by atoms with Crippen LogP contribution in [-0.2, 0) is 9.59 Å². The predicted octanol–water partition coefficient (Wildman–Crippen LogP) is -0.707. The molecule has 0 aromatic carbocycles. The highest BCUT2D eigenvalue weighted by molar-refractivity contribution is 5.99. The third kappa shape index (κ3) is 2.86. The van der Waals surface area contributed by atoms with E-state index >= 15 is 0 Å². The zero-order valence-corrected chi connectivity index (χ0v) is 5.76. The van der Waals surface area contributed by atoms with Crippen molar-refractivity contribution in [3.63, 3.8) is 0 Å². The normalized spacial score (nSPS) is 11.1. The molecule has 0 aromatic heterocycles. The van der Waals surface area contributed by atoms with Gasteiger partial charge in [-0.3, -0.25) is 9.59 Å². The third-order valence-electron chi connectivity index (χ3n) is 1.01. The highest BCUT2D eigenvalue weighted by Gasteiger charge is 2.01. The number of carbonyl (C=O) groups excluding carboxylic acids is 2. The van der Waals surface area contributed by atoms with Gasteiger partial charge in [-0.05, 0) is 6.42 Å². The fraction of sp³-hybridized carbons (Fsp3) is 0.333. The van der Waals surface area contributed by atoms with Crippen molar-refractivity contribution in [2.75, 3.05) is 0 Å². The molecule has 0 fully saturated rings. The van der Waals surface area contributed by atoms with Gasteiger partial charge in [0, 0.05) is 11.6 Å². The van der Waals surface area contributed by atoms with Crippen molar-refractivity contribution in [2.24, 2.45) is 11.5 Å². The predicted molar refractivity (Wildman–Crippen MR) is 36.8 cm³/mol. The Labute approximate surface area is 58.9 Å². The standard InChI is InChI=1S/C6H10N2O2/c1-2-4(6(8)10)3-5(7)9/h3H,2H2,1H3,(H2,7,9)(H2,8,10)/b4-3+. The number of nitrogens with two attached hydrogens (primary N) is 2. The number of carbonyl (C=O) groups is 2. The van der Waals surface area contributed by atoms with Gasteiger partial charge in [0.15, 0.2) is 0 Å². The molecule has 4 N–H and O–H groups in total. The molecule has 0 atom stereocenters. The lowest BCUT2D eigenvalue weighted by Crippen LogP contribution is -2.17. The van der Waals surface area contributed by atoms with Crippen LogP contribution in [0, 0.1) is 0 Å². The lowest BCUT2D eigenvalue weighted by atomic mass is 10.2. The van der Waals surface area contributed by atoms with Gasteiger partial charge in [-0.2, -0.15) is 0 Å². The second-order valence-corrected chi connectivity index (χ2v) is 1.79. The van der Waals surface area contributed by atoms with Gasteiger partial charge in [0.1, 0.15) is 0 Å². The molecule has 0 rings (SSSR count). The minimum Gasteiger partial charge on any atom is -0.366 e. The summed E-state index contributed by atoms with van der Waals surface area (Å²) in [6.45, 7) is 1.72. The fourth-order valence-corrected chi connectivity index (χ4v) is 0.519. The highest BCUT2D eigenvalue weighted by Crippen LogP contribution is 1.96. The second-order valence-electron chi connectivity index (χ2n) is 1.79. The lowest BCUT2D eigenvalue weighted by molar-refractivity contribution is -0.116. The maximum Gasteiger partial charge on any atom is 0.244 e. The second kappa shape index (κ2) is 3.66. The largest absolute Gasteiger partial charge is 0.366 e. The summed E-state index contributed by atoms with van der Waals surface area (Å²) >= 11 is 0. The Morgan fingerprint density at radius 2 is 1.90 bits per heavy atom. The summed E-state index contributed by atoms with van der Waals surface area (Å²) in [6.07, 6.45) is 1.47. The van der Waals surface area contributed by atoms with E-state index in [1.807, 2.05) is 0 Å². The molecular weight excluding hydrogens is 132 g/mol. The van der Waals surface area contributed by atoms with E-state index < -0.39 is 11.8 Å². The molecule has 4 heteroatoms. The van der Waals surface area contributed by atoms with Crippen molar-refractivity contribution in [3.8, 4) is 0 Å². The molecule has 0 radical (unpaired) electrons. The van der Waals surface area contributed by atoms with Gasteiger partial charge >= 0.3 is 0 Å². The van der Waals surface area contributed by atoms with Crippen molar-refractivity contribution in [1.29, 1.82) is 0 Å². The van der Waals surface area contributed by atoms with Crippen LogP contribution in [0.1, 0.15) is 13.3 Å². The van der Waals surface area contributed by atoms with E-state index in [-0.39, 0.29) is 5.57 Å². The van der Waals surface area contributed by atoms with E-state index in [4.69, 9.17) is 11.5 Å². The minimum absolute atomic E-state index is 0.257. The Balaban J connectivity index is 4.34. The van der Waals surface area contributed by atoms with E-state index in [0.717, 1.165) is 6.08 Å².